The topological polar surface area (TPSA) is 67.8 Å². The van der Waals surface area contributed by atoms with Crippen LogP contribution in [0.25, 0.3) is 0 Å². The molecule has 4 heterocycles. The summed E-state index contributed by atoms with van der Waals surface area (Å²) >= 11 is 0. The van der Waals surface area contributed by atoms with Crippen LogP contribution in [0.4, 0.5) is 4.39 Å². The maximum Gasteiger partial charge on any atom is 0.255 e. The lowest BCUT2D eigenvalue weighted by atomic mass is 10.1. The lowest BCUT2D eigenvalue weighted by molar-refractivity contribution is -0.261. The Kier molecular flexibility index (Phi) is 5.61. The minimum absolute atomic E-state index is 0.0876. The van der Waals surface area contributed by atoms with Crippen LogP contribution in [0.15, 0.2) is 43.0 Å². The van der Waals surface area contributed by atoms with Gasteiger partial charge < -0.3 is 14.4 Å². The summed E-state index contributed by atoms with van der Waals surface area (Å²) in [5, 5.41) is 0. The molecule has 4 rings (SSSR count). The molecule has 0 radical (unpaired) electrons. The molecule has 2 aromatic rings. The number of hydrogen-bond acceptors (Lipinski definition) is 6. The molecule has 2 aromatic heterocycles. The zero-order valence-electron chi connectivity index (χ0n) is 15.6. The maximum absolute atomic E-state index is 14.0. The largest absolute Gasteiger partial charge is 0.347 e. The molecule has 1 spiro atoms. The zero-order chi connectivity index (χ0) is 19.4. The first-order valence-corrected chi connectivity index (χ1v) is 9.43. The molecule has 0 N–H and O–H groups in total. The monoisotopic (exact) mass is 386 g/mol. The van der Waals surface area contributed by atoms with E-state index in [1.807, 2.05) is 0 Å². The molecule has 148 valence electrons. The highest BCUT2D eigenvalue weighted by molar-refractivity contribution is 5.94. The second-order valence-corrected chi connectivity index (χ2v) is 7.11. The predicted molar refractivity (Wildman–Crippen MR) is 98.9 cm³/mol. The molecule has 8 heteroatoms. The summed E-state index contributed by atoms with van der Waals surface area (Å²) in [6.45, 7) is 3.43. The van der Waals surface area contributed by atoms with Gasteiger partial charge in [-0.05, 0) is 24.6 Å². The minimum Gasteiger partial charge on any atom is -0.347 e. The van der Waals surface area contributed by atoms with Gasteiger partial charge in [-0.15, -0.1) is 0 Å². The van der Waals surface area contributed by atoms with Crippen LogP contribution in [0.5, 0.6) is 0 Å². The fourth-order valence-corrected chi connectivity index (χ4v) is 3.71. The van der Waals surface area contributed by atoms with Crippen molar-refractivity contribution < 1.29 is 18.7 Å². The molecule has 7 nitrogen and oxygen atoms in total. The third-order valence-electron chi connectivity index (χ3n) is 5.05. The summed E-state index contributed by atoms with van der Waals surface area (Å²) in [7, 11) is 0. The van der Waals surface area contributed by atoms with E-state index in [0.29, 0.717) is 50.5 Å². The van der Waals surface area contributed by atoms with E-state index in [1.54, 1.807) is 41.7 Å². The van der Waals surface area contributed by atoms with Crippen molar-refractivity contribution in [3.8, 4) is 0 Å². The molecule has 1 atom stereocenters. The standard InChI is InChI=1S/C20H23FN4O3/c21-18-12-23-6-4-17(18)13-24-7-2-9-27-20(14-24)15-25(8-10-28-20)19(26)16-3-1-5-22-11-16/h1,3-6,11-12H,2,7-10,13-15H2. The second-order valence-electron chi connectivity index (χ2n) is 7.11. The number of aromatic nitrogens is 2. The van der Waals surface area contributed by atoms with E-state index in [9.17, 15) is 9.18 Å². The molecule has 2 aliphatic heterocycles. The first kappa shape index (κ1) is 18.9. The minimum atomic E-state index is -0.907. The smallest absolute Gasteiger partial charge is 0.255 e. The average Bonchev–Trinajstić information content (AvgIpc) is 2.92. The zero-order valence-corrected chi connectivity index (χ0v) is 15.6. The van der Waals surface area contributed by atoms with Crippen LogP contribution in [-0.2, 0) is 16.0 Å². The summed E-state index contributed by atoms with van der Waals surface area (Å²) < 4.78 is 26.1. The van der Waals surface area contributed by atoms with Crippen LogP contribution < -0.4 is 0 Å². The lowest BCUT2D eigenvalue weighted by Gasteiger charge is -2.43. The number of halogens is 1. The molecule has 2 fully saturated rings. The number of morpholine rings is 1. The van der Waals surface area contributed by atoms with E-state index in [4.69, 9.17) is 9.47 Å². The van der Waals surface area contributed by atoms with Gasteiger partial charge in [0.25, 0.3) is 5.91 Å². The van der Waals surface area contributed by atoms with Crippen LogP contribution in [0.3, 0.4) is 0 Å². The van der Waals surface area contributed by atoms with Crippen molar-refractivity contribution in [3.05, 3.63) is 59.9 Å². The third-order valence-corrected chi connectivity index (χ3v) is 5.05. The van der Waals surface area contributed by atoms with E-state index in [-0.39, 0.29) is 11.7 Å². The van der Waals surface area contributed by atoms with Gasteiger partial charge in [-0.25, -0.2) is 4.39 Å². The van der Waals surface area contributed by atoms with Gasteiger partial charge in [-0.3, -0.25) is 19.7 Å². The van der Waals surface area contributed by atoms with Gasteiger partial charge in [0.15, 0.2) is 5.79 Å². The Labute approximate surface area is 163 Å². The van der Waals surface area contributed by atoms with E-state index < -0.39 is 5.79 Å². The predicted octanol–water partition coefficient (Wildman–Crippen LogP) is 1.71. The van der Waals surface area contributed by atoms with Crippen molar-refractivity contribution >= 4 is 5.91 Å². The number of ether oxygens (including phenoxy) is 2. The molecule has 1 amide bonds. The molecular weight excluding hydrogens is 363 g/mol. The molecule has 28 heavy (non-hydrogen) atoms. The van der Waals surface area contributed by atoms with Crippen molar-refractivity contribution in [2.45, 2.75) is 18.8 Å². The number of carbonyl (C=O) groups excluding carboxylic acids is 1. The number of amides is 1. The van der Waals surface area contributed by atoms with Crippen molar-refractivity contribution in [2.24, 2.45) is 0 Å². The Morgan fingerprint density at radius 2 is 1.96 bits per heavy atom. The fraction of sp³-hybridized carbons (Fsp3) is 0.450. The molecule has 0 saturated carbocycles. The Bertz CT molecular complexity index is 822. The number of carbonyl (C=O) groups is 1. The van der Waals surface area contributed by atoms with Gasteiger partial charge in [0.1, 0.15) is 5.82 Å². The molecular formula is C20H23FN4O3. The van der Waals surface area contributed by atoms with Crippen molar-refractivity contribution in [3.63, 3.8) is 0 Å². The number of rotatable bonds is 3. The third kappa shape index (κ3) is 4.19. The summed E-state index contributed by atoms with van der Waals surface area (Å²) in [6, 6.07) is 5.19. The number of pyridine rings is 2. The van der Waals surface area contributed by atoms with Crippen LogP contribution in [-0.4, -0.2) is 70.9 Å². The Morgan fingerprint density at radius 1 is 1.11 bits per heavy atom. The molecule has 0 bridgehead atoms. The average molecular weight is 386 g/mol. The SMILES string of the molecule is O=C(c1cccnc1)N1CCOC2(CN(Cc3ccncc3F)CCCO2)C1. The molecule has 2 saturated heterocycles. The highest BCUT2D eigenvalue weighted by Crippen LogP contribution is 2.26. The van der Waals surface area contributed by atoms with Crippen LogP contribution >= 0.6 is 0 Å². The summed E-state index contributed by atoms with van der Waals surface area (Å²) in [6.07, 6.45) is 6.84. The maximum atomic E-state index is 14.0. The van der Waals surface area contributed by atoms with Crippen LogP contribution in [0.2, 0.25) is 0 Å². The Hall–Kier alpha value is -2.42. The van der Waals surface area contributed by atoms with Gasteiger partial charge in [0.2, 0.25) is 0 Å². The van der Waals surface area contributed by atoms with E-state index in [1.165, 1.54) is 6.20 Å². The molecule has 0 aliphatic carbocycles. The first-order chi connectivity index (χ1) is 13.7. The highest BCUT2D eigenvalue weighted by Gasteiger charge is 2.42. The van der Waals surface area contributed by atoms with Crippen molar-refractivity contribution in [1.29, 1.82) is 0 Å². The summed E-state index contributed by atoms with van der Waals surface area (Å²) in [4.78, 5) is 24.5. The molecule has 0 aromatic carbocycles. The quantitative estimate of drug-likeness (QED) is 0.800. The Balaban J connectivity index is 1.49. The fourth-order valence-electron chi connectivity index (χ4n) is 3.71. The molecule has 2 aliphatic rings. The lowest BCUT2D eigenvalue weighted by Crippen LogP contribution is -2.59. The van der Waals surface area contributed by atoms with E-state index >= 15 is 0 Å². The number of nitrogens with zero attached hydrogens (tertiary/aromatic N) is 4. The Morgan fingerprint density at radius 3 is 2.79 bits per heavy atom. The number of hydrogen-bond donors (Lipinski definition) is 0. The van der Waals surface area contributed by atoms with E-state index in [0.717, 1.165) is 13.0 Å². The summed E-state index contributed by atoms with van der Waals surface area (Å²) in [5.74, 6) is -1.31. The van der Waals surface area contributed by atoms with Gasteiger partial charge >= 0.3 is 0 Å². The van der Waals surface area contributed by atoms with Crippen molar-refractivity contribution in [1.82, 2.24) is 19.8 Å². The van der Waals surface area contributed by atoms with Crippen molar-refractivity contribution in [2.75, 3.05) is 39.4 Å². The van der Waals surface area contributed by atoms with Gasteiger partial charge in [0.05, 0.1) is 38.1 Å². The normalized spacial score (nSPS) is 23.5. The van der Waals surface area contributed by atoms with Gasteiger partial charge in [0, 0.05) is 43.8 Å². The van der Waals surface area contributed by atoms with E-state index in [2.05, 4.69) is 14.9 Å². The van der Waals surface area contributed by atoms with Crippen LogP contribution in [0.1, 0.15) is 22.3 Å². The highest BCUT2D eigenvalue weighted by atomic mass is 19.1. The first-order valence-electron chi connectivity index (χ1n) is 9.43. The molecule has 1 unspecified atom stereocenters. The van der Waals surface area contributed by atoms with Crippen LogP contribution in [0, 0.1) is 5.82 Å². The second kappa shape index (κ2) is 8.30. The van der Waals surface area contributed by atoms with Gasteiger partial charge in [-0.1, -0.05) is 0 Å². The summed E-state index contributed by atoms with van der Waals surface area (Å²) in [5.41, 5.74) is 1.13. The van der Waals surface area contributed by atoms with Gasteiger partial charge in [-0.2, -0.15) is 0 Å².